The number of carbonyl (C=O) groups excluding carboxylic acids is 1. The van der Waals surface area contributed by atoms with Gasteiger partial charge < -0.3 is 20.2 Å². The summed E-state index contributed by atoms with van der Waals surface area (Å²) in [6.07, 6.45) is 1.31. The third-order valence-electron chi connectivity index (χ3n) is 7.35. The van der Waals surface area contributed by atoms with Crippen molar-refractivity contribution in [3.05, 3.63) is 95.8 Å². The van der Waals surface area contributed by atoms with E-state index in [1.54, 1.807) is 17.0 Å². The van der Waals surface area contributed by atoms with Crippen LogP contribution in [0.1, 0.15) is 5.56 Å². The van der Waals surface area contributed by atoms with Crippen molar-refractivity contribution >= 4 is 56.6 Å². The van der Waals surface area contributed by atoms with E-state index in [-0.39, 0.29) is 33.7 Å². The SMILES string of the molecule is C=CC(=O)N1CCN(c2nc(Nc3ccc(C)cc3)nc3c(F)c(-c4cc(O)cc5ccccc45)c(Cl)cc23)CC1. The Kier molecular flexibility index (Phi) is 6.93. The van der Waals surface area contributed by atoms with Crippen LogP contribution in [0, 0.1) is 12.7 Å². The Labute approximate surface area is 241 Å². The highest BCUT2D eigenvalue weighted by molar-refractivity contribution is 6.35. The van der Waals surface area contributed by atoms with E-state index in [9.17, 15) is 9.90 Å². The predicted molar refractivity (Wildman–Crippen MR) is 163 cm³/mol. The zero-order chi connectivity index (χ0) is 28.7. The standard InChI is InChI=1S/C32H27ClFN5O2/c1-3-27(41)38-12-14-39(15-13-38)31-25-18-26(33)28(24-17-22(40)16-20-6-4-5-7-23(20)24)29(34)30(25)36-32(37-31)35-21-10-8-19(2)9-11-21/h3-11,16-18,40H,1,12-15H2,2H3,(H,35,36,37). The fraction of sp³-hybridized carbons (Fsp3) is 0.156. The molecule has 4 aromatic carbocycles. The molecule has 1 amide bonds. The summed E-state index contributed by atoms with van der Waals surface area (Å²) in [5.74, 6) is 0.0129. The molecule has 6 rings (SSSR count). The Hall–Kier alpha value is -4.69. The first-order chi connectivity index (χ1) is 19.8. The first-order valence-electron chi connectivity index (χ1n) is 13.2. The lowest BCUT2D eigenvalue weighted by molar-refractivity contribution is -0.126. The molecule has 1 fully saturated rings. The molecule has 0 radical (unpaired) electrons. The minimum atomic E-state index is -0.612. The molecule has 2 heterocycles. The quantitative estimate of drug-likeness (QED) is 0.226. The number of aryl methyl sites for hydroxylation is 1. The number of phenolic OH excluding ortho intramolecular Hbond substituents is 1. The lowest BCUT2D eigenvalue weighted by Gasteiger charge is -2.35. The first kappa shape index (κ1) is 26.5. The molecule has 2 N–H and O–H groups in total. The fourth-order valence-electron chi connectivity index (χ4n) is 5.26. The second-order valence-corrected chi connectivity index (χ2v) is 10.4. The summed E-state index contributed by atoms with van der Waals surface area (Å²) in [6, 6.07) is 20.0. The number of rotatable bonds is 5. The number of halogens is 2. The molecule has 41 heavy (non-hydrogen) atoms. The molecule has 1 aromatic heterocycles. The highest BCUT2D eigenvalue weighted by Crippen LogP contribution is 2.42. The number of hydrogen-bond donors (Lipinski definition) is 2. The minimum Gasteiger partial charge on any atom is -0.508 e. The van der Waals surface area contributed by atoms with E-state index in [0.29, 0.717) is 42.9 Å². The van der Waals surface area contributed by atoms with Crippen LogP contribution in [-0.4, -0.2) is 52.1 Å². The van der Waals surface area contributed by atoms with E-state index in [2.05, 4.69) is 16.9 Å². The van der Waals surface area contributed by atoms with Crippen molar-refractivity contribution in [1.82, 2.24) is 14.9 Å². The summed E-state index contributed by atoms with van der Waals surface area (Å²) in [6.45, 7) is 7.51. The molecule has 7 nitrogen and oxygen atoms in total. The van der Waals surface area contributed by atoms with Gasteiger partial charge in [0.05, 0.1) is 5.02 Å². The van der Waals surface area contributed by atoms with Crippen molar-refractivity contribution in [3.63, 3.8) is 0 Å². The molecule has 5 aromatic rings. The third kappa shape index (κ3) is 5.02. The Balaban J connectivity index is 1.53. The van der Waals surface area contributed by atoms with Crippen molar-refractivity contribution < 1.29 is 14.3 Å². The van der Waals surface area contributed by atoms with Gasteiger partial charge in [-0.2, -0.15) is 4.98 Å². The van der Waals surface area contributed by atoms with Crippen LogP contribution in [0.2, 0.25) is 5.02 Å². The molecule has 0 bridgehead atoms. The number of aromatic hydroxyl groups is 1. The van der Waals surface area contributed by atoms with E-state index in [1.165, 1.54) is 12.1 Å². The van der Waals surface area contributed by atoms with Gasteiger partial charge in [-0.3, -0.25) is 4.79 Å². The highest BCUT2D eigenvalue weighted by atomic mass is 35.5. The lowest BCUT2D eigenvalue weighted by atomic mass is 9.96. The van der Waals surface area contributed by atoms with Crippen LogP contribution >= 0.6 is 11.6 Å². The van der Waals surface area contributed by atoms with Crippen LogP contribution in [0.3, 0.4) is 0 Å². The molecular formula is C32H27ClFN5O2. The number of benzene rings is 4. The average molecular weight is 568 g/mol. The molecule has 0 saturated carbocycles. The van der Waals surface area contributed by atoms with Gasteiger partial charge in [0, 0.05) is 42.8 Å². The van der Waals surface area contributed by atoms with Crippen molar-refractivity contribution in [2.24, 2.45) is 0 Å². The molecule has 1 aliphatic rings. The maximum atomic E-state index is 16.6. The number of fused-ring (bicyclic) bond motifs is 2. The molecule has 0 aliphatic carbocycles. The topological polar surface area (TPSA) is 81.6 Å². The van der Waals surface area contributed by atoms with Crippen molar-refractivity contribution in [2.45, 2.75) is 6.92 Å². The second kappa shape index (κ2) is 10.7. The number of amides is 1. The third-order valence-corrected chi connectivity index (χ3v) is 7.65. The second-order valence-electron chi connectivity index (χ2n) is 10.0. The van der Waals surface area contributed by atoms with Gasteiger partial charge in [-0.05, 0) is 59.7 Å². The molecule has 206 valence electrons. The van der Waals surface area contributed by atoms with E-state index in [4.69, 9.17) is 16.6 Å². The fourth-order valence-corrected chi connectivity index (χ4v) is 5.55. The van der Waals surface area contributed by atoms with Crippen molar-refractivity contribution in [2.75, 3.05) is 36.4 Å². The molecule has 0 unspecified atom stereocenters. The summed E-state index contributed by atoms with van der Waals surface area (Å²) < 4.78 is 16.6. The Morgan fingerprint density at radius 1 is 1.02 bits per heavy atom. The van der Waals surface area contributed by atoms with Crippen LogP contribution < -0.4 is 10.2 Å². The summed E-state index contributed by atoms with van der Waals surface area (Å²) in [5, 5.41) is 15.8. The number of aromatic nitrogens is 2. The molecule has 1 saturated heterocycles. The monoisotopic (exact) mass is 567 g/mol. The van der Waals surface area contributed by atoms with E-state index in [1.807, 2.05) is 60.4 Å². The number of piperazine rings is 1. The van der Waals surface area contributed by atoms with E-state index < -0.39 is 5.82 Å². The van der Waals surface area contributed by atoms with Crippen LogP contribution in [-0.2, 0) is 4.79 Å². The van der Waals surface area contributed by atoms with E-state index in [0.717, 1.165) is 22.0 Å². The van der Waals surface area contributed by atoms with Crippen LogP contribution in [0.15, 0.2) is 79.4 Å². The molecule has 9 heteroatoms. The average Bonchev–Trinajstić information content (AvgIpc) is 2.98. The lowest BCUT2D eigenvalue weighted by Crippen LogP contribution is -2.48. The normalized spacial score (nSPS) is 13.5. The summed E-state index contributed by atoms with van der Waals surface area (Å²) in [7, 11) is 0. The maximum absolute atomic E-state index is 16.6. The van der Waals surface area contributed by atoms with E-state index >= 15 is 4.39 Å². The summed E-state index contributed by atoms with van der Waals surface area (Å²) in [4.78, 5) is 25.3. The van der Waals surface area contributed by atoms with Gasteiger partial charge in [0.25, 0.3) is 0 Å². The number of nitrogens with one attached hydrogen (secondary N) is 1. The van der Waals surface area contributed by atoms with Gasteiger partial charge in [0.1, 0.15) is 17.1 Å². The highest BCUT2D eigenvalue weighted by Gasteiger charge is 2.26. The predicted octanol–water partition coefficient (Wildman–Crippen LogP) is 6.83. The number of phenols is 1. The van der Waals surface area contributed by atoms with Gasteiger partial charge >= 0.3 is 0 Å². The smallest absolute Gasteiger partial charge is 0.246 e. The Bertz CT molecular complexity index is 1820. The molecular weight excluding hydrogens is 541 g/mol. The number of hydrogen-bond acceptors (Lipinski definition) is 6. The first-order valence-corrected chi connectivity index (χ1v) is 13.6. The van der Waals surface area contributed by atoms with Gasteiger partial charge in [-0.15, -0.1) is 0 Å². The largest absolute Gasteiger partial charge is 0.508 e. The van der Waals surface area contributed by atoms with Crippen molar-refractivity contribution in [3.8, 4) is 16.9 Å². The Morgan fingerprint density at radius 3 is 2.49 bits per heavy atom. The van der Waals surface area contributed by atoms with Crippen LogP contribution in [0.25, 0.3) is 32.8 Å². The zero-order valence-electron chi connectivity index (χ0n) is 22.4. The summed E-state index contributed by atoms with van der Waals surface area (Å²) >= 11 is 6.80. The molecule has 0 spiro atoms. The number of anilines is 3. The zero-order valence-corrected chi connectivity index (χ0v) is 23.1. The molecule has 1 aliphatic heterocycles. The summed E-state index contributed by atoms with van der Waals surface area (Å²) in [5.41, 5.74) is 2.58. The van der Waals surface area contributed by atoms with Gasteiger partial charge in [-0.25, -0.2) is 9.37 Å². The van der Waals surface area contributed by atoms with Crippen LogP contribution in [0.5, 0.6) is 5.75 Å². The Morgan fingerprint density at radius 2 is 1.76 bits per heavy atom. The van der Waals surface area contributed by atoms with Crippen molar-refractivity contribution in [1.29, 1.82) is 0 Å². The van der Waals surface area contributed by atoms with Gasteiger partial charge in [-0.1, -0.05) is 60.1 Å². The number of nitrogens with zero attached hydrogens (tertiary/aromatic N) is 4. The van der Waals surface area contributed by atoms with Crippen LogP contribution in [0.4, 0.5) is 21.8 Å². The van der Waals surface area contributed by atoms with Gasteiger partial charge in [0.15, 0.2) is 5.82 Å². The maximum Gasteiger partial charge on any atom is 0.246 e. The van der Waals surface area contributed by atoms with Gasteiger partial charge in [0.2, 0.25) is 11.9 Å². The number of carbonyl (C=O) groups is 1. The minimum absolute atomic E-state index is 0.00584. The molecule has 0 atom stereocenters.